The molecule has 1 N–H and O–H groups in total. The van der Waals surface area contributed by atoms with E-state index in [0.29, 0.717) is 0 Å². The topological polar surface area (TPSA) is 28.2 Å². The van der Waals surface area contributed by atoms with Crippen LogP contribution in [-0.2, 0) is 0 Å². The molecule has 1 atom stereocenters. The SMILES string of the molecule is Cc1csc(NCC2CCN(C3CC3)C2)n1. The molecule has 2 fully saturated rings. The smallest absolute Gasteiger partial charge is 0.182 e. The van der Waals surface area contributed by atoms with Crippen molar-refractivity contribution in [3.63, 3.8) is 0 Å². The summed E-state index contributed by atoms with van der Waals surface area (Å²) in [6.45, 7) is 5.75. The Bertz CT molecular complexity index is 359. The third-order valence-corrected chi connectivity index (χ3v) is 4.46. The summed E-state index contributed by atoms with van der Waals surface area (Å²) in [5, 5.41) is 6.66. The quantitative estimate of drug-likeness (QED) is 0.871. The molecule has 1 aromatic heterocycles. The Morgan fingerprint density at radius 2 is 2.38 bits per heavy atom. The Labute approximate surface area is 101 Å². The molecule has 3 nitrogen and oxygen atoms in total. The lowest BCUT2D eigenvalue weighted by Gasteiger charge is -2.14. The number of likely N-dealkylation sites (tertiary alicyclic amines) is 1. The molecule has 1 saturated carbocycles. The number of rotatable bonds is 4. The van der Waals surface area contributed by atoms with Crippen LogP contribution >= 0.6 is 11.3 Å². The third kappa shape index (κ3) is 2.38. The van der Waals surface area contributed by atoms with Crippen LogP contribution in [0.3, 0.4) is 0 Å². The van der Waals surface area contributed by atoms with E-state index in [4.69, 9.17) is 0 Å². The zero-order chi connectivity index (χ0) is 11.0. The van der Waals surface area contributed by atoms with Gasteiger partial charge in [-0.3, -0.25) is 0 Å². The van der Waals surface area contributed by atoms with E-state index in [-0.39, 0.29) is 0 Å². The number of aromatic nitrogens is 1. The van der Waals surface area contributed by atoms with Crippen LogP contribution in [0.5, 0.6) is 0 Å². The molecule has 0 bridgehead atoms. The highest BCUT2D eigenvalue weighted by atomic mass is 32.1. The molecular formula is C12H19N3S. The second-order valence-corrected chi connectivity index (χ2v) is 5.91. The molecule has 0 radical (unpaired) electrons. The van der Waals surface area contributed by atoms with Crippen molar-refractivity contribution >= 4 is 16.5 Å². The van der Waals surface area contributed by atoms with Gasteiger partial charge in [0.2, 0.25) is 0 Å². The molecule has 1 aliphatic carbocycles. The molecule has 3 rings (SSSR count). The zero-order valence-electron chi connectivity index (χ0n) is 9.78. The van der Waals surface area contributed by atoms with Crippen LogP contribution in [0.15, 0.2) is 5.38 Å². The van der Waals surface area contributed by atoms with Crippen LogP contribution in [0.25, 0.3) is 0 Å². The predicted molar refractivity (Wildman–Crippen MR) is 68.0 cm³/mol. The molecule has 0 aromatic carbocycles. The molecule has 1 saturated heterocycles. The number of hydrogen-bond donors (Lipinski definition) is 1. The average molecular weight is 237 g/mol. The fourth-order valence-corrected chi connectivity index (χ4v) is 3.17. The fourth-order valence-electron chi connectivity index (χ4n) is 2.47. The van der Waals surface area contributed by atoms with Crippen molar-refractivity contribution in [2.24, 2.45) is 5.92 Å². The van der Waals surface area contributed by atoms with Gasteiger partial charge >= 0.3 is 0 Å². The van der Waals surface area contributed by atoms with Crippen molar-refractivity contribution < 1.29 is 0 Å². The Hall–Kier alpha value is -0.610. The van der Waals surface area contributed by atoms with Gasteiger partial charge in [0.25, 0.3) is 0 Å². The van der Waals surface area contributed by atoms with Crippen molar-refractivity contribution in [2.75, 3.05) is 25.0 Å². The normalized spacial score (nSPS) is 26.2. The lowest BCUT2D eigenvalue weighted by molar-refractivity contribution is 0.316. The Kier molecular flexibility index (Phi) is 2.86. The number of aryl methyl sites for hydroxylation is 1. The Morgan fingerprint density at radius 1 is 1.50 bits per heavy atom. The van der Waals surface area contributed by atoms with Gasteiger partial charge in [0.15, 0.2) is 5.13 Å². The molecule has 0 spiro atoms. The van der Waals surface area contributed by atoms with Crippen LogP contribution in [-0.4, -0.2) is 35.6 Å². The van der Waals surface area contributed by atoms with Crippen molar-refractivity contribution in [3.8, 4) is 0 Å². The molecule has 16 heavy (non-hydrogen) atoms. The first-order valence-electron chi connectivity index (χ1n) is 6.21. The van der Waals surface area contributed by atoms with Crippen LogP contribution in [0.4, 0.5) is 5.13 Å². The lowest BCUT2D eigenvalue weighted by atomic mass is 10.1. The molecular weight excluding hydrogens is 218 g/mol. The van der Waals surface area contributed by atoms with E-state index in [0.717, 1.165) is 29.3 Å². The largest absolute Gasteiger partial charge is 0.361 e. The number of nitrogens with one attached hydrogen (secondary N) is 1. The fraction of sp³-hybridized carbons (Fsp3) is 0.750. The maximum atomic E-state index is 4.43. The summed E-state index contributed by atoms with van der Waals surface area (Å²) in [6, 6.07) is 0.937. The standard InChI is InChI=1S/C12H19N3S/c1-9-8-16-12(14-9)13-6-10-4-5-15(7-10)11-2-3-11/h8,10-11H,2-7H2,1H3,(H,13,14). The summed E-state index contributed by atoms with van der Waals surface area (Å²) in [6.07, 6.45) is 4.23. The minimum absolute atomic E-state index is 0.824. The first-order chi connectivity index (χ1) is 7.81. The summed E-state index contributed by atoms with van der Waals surface area (Å²) in [5.74, 6) is 0.824. The number of anilines is 1. The summed E-state index contributed by atoms with van der Waals surface area (Å²) < 4.78 is 0. The van der Waals surface area contributed by atoms with E-state index in [1.165, 1.54) is 32.4 Å². The summed E-state index contributed by atoms with van der Waals surface area (Å²) in [7, 11) is 0. The zero-order valence-corrected chi connectivity index (χ0v) is 10.6. The highest BCUT2D eigenvalue weighted by Gasteiger charge is 2.34. The minimum atomic E-state index is 0.824. The first-order valence-corrected chi connectivity index (χ1v) is 7.09. The van der Waals surface area contributed by atoms with Gasteiger partial charge in [-0.2, -0.15) is 0 Å². The van der Waals surface area contributed by atoms with E-state index < -0.39 is 0 Å². The summed E-state index contributed by atoms with van der Waals surface area (Å²) >= 11 is 1.72. The van der Waals surface area contributed by atoms with Gasteiger partial charge in [-0.25, -0.2) is 4.98 Å². The van der Waals surface area contributed by atoms with Gasteiger partial charge in [-0.05, 0) is 38.6 Å². The molecule has 4 heteroatoms. The molecule has 2 heterocycles. The Balaban J connectivity index is 1.45. The second kappa shape index (κ2) is 4.34. The third-order valence-electron chi connectivity index (χ3n) is 3.54. The monoisotopic (exact) mass is 237 g/mol. The predicted octanol–water partition coefficient (Wildman–Crippen LogP) is 2.35. The summed E-state index contributed by atoms with van der Waals surface area (Å²) in [4.78, 5) is 7.10. The van der Waals surface area contributed by atoms with Crippen molar-refractivity contribution in [2.45, 2.75) is 32.2 Å². The maximum Gasteiger partial charge on any atom is 0.182 e. The highest BCUT2D eigenvalue weighted by molar-refractivity contribution is 7.13. The van der Waals surface area contributed by atoms with Gasteiger partial charge in [0.05, 0.1) is 5.69 Å². The van der Waals surface area contributed by atoms with E-state index >= 15 is 0 Å². The van der Waals surface area contributed by atoms with Crippen molar-refractivity contribution in [1.29, 1.82) is 0 Å². The van der Waals surface area contributed by atoms with E-state index in [1.807, 2.05) is 6.92 Å². The number of hydrogen-bond acceptors (Lipinski definition) is 4. The van der Waals surface area contributed by atoms with E-state index in [2.05, 4.69) is 20.6 Å². The molecule has 1 aliphatic heterocycles. The first kappa shape index (κ1) is 10.5. The molecule has 88 valence electrons. The van der Waals surface area contributed by atoms with Gasteiger partial charge in [0.1, 0.15) is 0 Å². The maximum absolute atomic E-state index is 4.43. The second-order valence-electron chi connectivity index (χ2n) is 5.06. The average Bonchev–Trinajstić information content (AvgIpc) is 2.87. The van der Waals surface area contributed by atoms with Crippen LogP contribution in [0.1, 0.15) is 25.0 Å². The molecule has 2 aliphatic rings. The van der Waals surface area contributed by atoms with Gasteiger partial charge in [-0.15, -0.1) is 11.3 Å². The number of nitrogens with zero attached hydrogens (tertiary/aromatic N) is 2. The molecule has 1 unspecified atom stereocenters. The van der Waals surface area contributed by atoms with E-state index in [1.54, 1.807) is 11.3 Å². The lowest BCUT2D eigenvalue weighted by Crippen LogP contribution is -2.24. The minimum Gasteiger partial charge on any atom is -0.361 e. The number of thiazole rings is 1. The van der Waals surface area contributed by atoms with Crippen LogP contribution in [0.2, 0.25) is 0 Å². The van der Waals surface area contributed by atoms with Gasteiger partial charge in [0, 0.05) is 24.5 Å². The molecule has 0 amide bonds. The molecule has 1 aromatic rings. The van der Waals surface area contributed by atoms with E-state index in [9.17, 15) is 0 Å². The van der Waals surface area contributed by atoms with Gasteiger partial charge in [-0.1, -0.05) is 0 Å². The van der Waals surface area contributed by atoms with Crippen LogP contribution in [0, 0.1) is 12.8 Å². The van der Waals surface area contributed by atoms with Crippen LogP contribution < -0.4 is 5.32 Å². The van der Waals surface area contributed by atoms with Gasteiger partial charge < -0.3 is 10.2 Å². The van der Waals surface area contributed by atoms with Crippen molar-refractivity contribution in [3.05, 3.63) is 11.1 Å². The van der Waals surface area contributed by atoms with Crippen molar-refractivity contribution in [1.82, 2.24) is 9.88 Å². The summed E-state index contributed by atoms with van der Waals surface area (Å²) in [5.41, 5.74) is 1.12. The Morgan fingerprint density at radius 3 is 3.06 bits per heavy atom. The highest BCUT2D eigenvalue weighted by Crippen LogP contribution is 2.31.